The maximum atomic E-state index is 12.5. The summed E-state index contributed by atoms with van der Waals surface area (Å²) in [7, 11) is -3.60. The van der Waals surface area contributed by atoms with Crippen LogP contribution in [0.25, 0.3) is 21.8 Å². The number of ether oxygens (including phenoxy) is 1. The zero-order valence-electron chi connectivity index (χ0n) is 17.0. The predicted molar refractivity (Wildman–Crippen MR) is 125 cm³/mol. The Hall–Kier alpha value is -3.00. The van der Waals surface area contributed by atoms with E-state index in [1.165, 1.54) is 0 Å². The molecule has 4 aromatic rings. The van der Waals surface area contributed by atoms with Crippen LogP contribution in [0.15, 0.2) is 89.1 Å². The molecule has 1 N–H and O–H groups in total. The van der Waals surface area contributed by atoms with Crippen molar-refractivity contribution in [2.45, 2.75) is 18.4 Å². The summed E-state index contributed by atoms with van der Waals surface area (Å²) in [5.41, 5.74) is 3.92. The fourth-order valence-corrected chi connectivity index (χ4v) is 4.91. The summed E-state index contributed by atoms with van der Waals surface area (Å²) in [5.74, 6) is 0.648. The van der Waals surface area contributed by atoms with E-state index in [1.54, 1.807) is 35.6 Å². The van der Waals surface area contributed by atoms with Crippen LogP contribution in [0, 0.1) is 0 Å². The third kappa shape index (κ3) is 5.19. The monoisotopic (exact) mass is 450 g/mol. The quantitative estimate of drug-likeness (QED) is 0.393. The molecule has 7 heteroatoms. The molecule has 0 bridgehead atoms. The van der Waals surface area contributed by atoms with Gasteiger partial charge in [0.05, 0.1) is 17.2 Å². The second-order valence-electron chi connectivity index (χ2n) is 6.83. The maximum Gasteiger partial charge on any atom is 0.240 e. The van der Waals surface area contributed by atoms with E-state index in [2.05, 4.69) is 4.72 Å². The van der Waals surface area contributed by atoms with Gasteiger partial charge in [-0.3, -0.25) is 0 Å². The second-order valence-corrected chi connectivity index (χ2v) is 9.45. The van der Waals surface area contributed by atoms with Crippen molar-refractivity contribution >= 4 is 21.4 Å². The van der Waals surface area contributed by atoms with Gasteiger partial charge in [0.2, 0.25) is 10.0 Å². The average Bonchev–Trinajstić information content (AvgIpc) is 3.30. The van der Waals surface area contributed by atoms with Crippen molar-refractivity contribution in [2.75, 3.05) is 6.61 Å². The number of aromatic nitrogens is 1. The van der Waals surface area contributed by atoms with Crippen molar-refractivity contribution in [2.24, 2.45) is 0 Å². The van der Waals surface area contributed by atoms with Crippen molar-refractivity contribution in [1.29, 1.82) is 0 Å². The number of hydrogen-bond acceptors (Lipinski definition) is 5. The predicted octanol–water partition coefficient (Wildman–Crippen LogP) is 5.35. The normalized spacial score (nSPS) is 11.4. The first-order valence-electron chi connectivity index (χ1n) is 9.88. The highest BCUT2D eigenvalue weighted by molar-refractivity contribution is 7.89. The van der Waals surface area contributed by atoms with E-state index in [4.69, 9.17) is 9.72 Å². The van der Waals surface area contributed by atoms with Crippen LogP contribution in [0.2, 0.25) is 0 Å². The summed E-state index contributed by atoms with van der Waals surface area (Å²) in [6, 6.07) is 24.2. The van der Waals surface area contributed by atoms with Crippen molar-refractivity contribution < 1.29 is 13.2 Å². The maximum absolute atomic E-state index is 12.5. The van der Waals surface area contributed by atoms with E-state index < -0.39 is 10.0 Å². The number of rotatable bonds is 8. The molecule has 0 saturated heterocycles. The molecule has 5 nitrogen and oxygen atoms in total. The topological polar surface area (TPSA) is 68.3 Å². The molecule has 0 aliphatic rings. The standard InChI is InChI=1S/C24H22N2O3S2/c1-2-29-21-12-14-22(15-13-21)31(27,28)25-16-18-8-10-20(11-9-18)24-26-23(17-30-24)19-6-4-3-5-7-19/h3-15,17,25H,2,16H2,1H3. The molecule has 0 aliphatic heterocycles. The van der Waals surface area contributed by atoms with Gasteiger partial charge in [-0.2, -0.15) is 0 Å². The number of nitrogens with one attached hydrogen (secondary N) is 1. The van der Waals surface area contributed by atoms with Gasteiger partial charge in [-0.1, -0.05) is 54.6 Å². The first-order valence-corrected chi connectivity index (χ1v) is 12.2. The van der Waals surface area contributed by atoms with Crippen molar-refractivity contribution in [3.05, 3.63) is 89.8 Å². The van der Waals surface area contributed by atoms with E-state index in [0.717, 1.165) is 27.4 Å². The molecule has 4 rings (SSSR count). The van der Waals surface area contributed by atoms with Crippen LogP contribution >= 0.6 is 11.3 Å². The van der Waals surface area contributed by atoms with Crippen molar-refractivity contribution in [1.82, 2.24) is 9.71 Å². The molecule has 0 unspecified atom stereocenters. The van der Waals surface area contributed by atoms with Gasteiger partial charge in [0, 0.05) is 23.1 Å². The van der Waals surface area contributed by atoms with Crippen LogP contribution in [0.3, 0.4) is 0 Å². The van der Waals surface area contributed by atoms with Crippen LogP contribution < -0.4 is 9.46 Å². The minimum Gasteiger partial charge on any atom is -0.494 e. The second kappa shape index (κ2) is 9.43. The van der Waals surface area contributed by atoms with E-state index in [-0.39, 0.29) is 11.4 Å². The lowest BCUT2D eigenvalue weighted by atomic mass is 10.1. The van der Waals surface area contributed by atoms with Gasteiger partial charge in [-0.05, 0) is 36.8 Å². The third-order valence-electron chi connectivity index (χ3n) is 4.69. The fourth-order valence-electron chi connectivity index (χ4n) is 3.06. The highest BCUT2D eigenvalue weighted by Crippen LogP contribution is 2.29. The van der Waals surface area contributed by atoms with Gasteiger partial charge >= 0.3 is 0 Å². The SMILES string of the molecule is CCOc1ccc(S(=O)(=O)NCc2ccc(-c3nc(-c4ccccc4)cs3)cc2)cc1. The number of thiazole rings is 1. The van der Waals surface area contributed by atoms with E-state index >= 15 is 0 Å². The summed E-state index contributed by atoms with van der Waals surface area (Å²) >= 11 is 1.59. The summed E-state index contributed by atoms with van der Waals surface area (Å²) in [6.07, 6.45) is 0. The largest absolute Gasteiger partial charge is 0.494 e. The lowest BCUT2D eigenvalue weighted by Crippen LogP contribution is -2.23. The molecule has 0 atom stereocenters. The summed E-state index contributed by atoms with van der Waals surface area (Å²) < 4.78 is 33.1. The van der Waals surface area contributed by atoms with Crippen LogP contribution in [0.4, 0.5) is 0 Å². The number of hydrogen-bond donors (Lipinski definition) is 1. The van der Waals surface area contributed by atoms with Gasteiger partial charge in [0.1, 0.15) is 10.8 Å². The molecule has 0 amide bonds. The summed E-state index contributed by atoms with van der Waals surface area (Å²) in [4.78, 5) is 4.93. The van der Waals surface area contributed by atoms with E-state index in [9.17, 15) is 8.42 Å². The smallest absolute Gasteiger partial charge is 0.240 e. The highest BCUT2D eigenvalue weighted by atomic mass is 32.2. The van der Waals surface area contributed by atoms with Crippen LogP contribution in [0.1, 0.15) is 12.5 Å². The molecule has 158 valence electrons. The Kier molecular flexibility index (Phi) is 6.46. The Morgan fingerprint density at radius 3 is 2.29 bits per heavy atom. The third-order valence-corrected chi connectivity index (χ3v) is 6.99. The minimum atomic E-state index is -3.60. The molecule has 0 aliphatic carbocycles. The Bertz CT molecular complexity index is 1230. The average molecular weight is 451 g/mol. The van der Waals surface area contributed by atoms with Crippen LogP contribution in [-0.2, 0) is 16.6 Å². The van der Waals surface area contributed by atoms with Gasteiger partial charge in [0.25, 0.3) is 0 Å². The first-order chi connectivity index (χ1) is 15.0. The molecule has 1 heterocycles. The first kappa shape index (κ1) is 21.2. The zero-order valence-corrected chi connectivity index (χ0v) is 18.6. The van der Waals surface area contributed by atoms with Crippen LogP contribution in [-0.4, -0.2) is 20.0 Å². The Morgan fingerprint density at radius 1 is 0.903 bits per heavy atom. The Balaban J connectivity index is 1.41. The minimum absolute atomic E-state index is 0.211. The molecular weight excluding hydrogens is 428 g/mol. The molecule has 0 spiro atoms. The lowest BCUT2D eigenvalue weighted by Gasteiger charge is -2.08. The van der Waals surface area contributed by atoms with Crippen LogP contribution in [0.5, 0.6) is 5.75 Å². The molecule has 1 aromatic heterocycles. The molecule has 31 heavy (non-hydrogen) atoms. The highest BCUT2D eigenvalue weighted by Gasteiger charge is 2.14. The fraction of sp³-hybridized carbons (Fsp3) is 0.125. The zero-order chi connectivity index (χ0) is 21.7. The van der Waals surface area contributed by atoms with Crippen molar-refractivity contribution in [3.63, 3.8) is 0 Å². The van der Waals surface area contributed by atoms with E-state index in [1.807, 2.05) is 66.9 Å². The Labute approximate surface area is 186 Å². The summed E-state index contributed by atoms with van der Waals surface area (Å²) in [6.45, 7) is 2.63. The summed E-state index contributed by atoms with van der Waals surface area (Å²) in [5, 5.41) is 2.98. The molecule has 0 fully saturated rings. The van der Waals surface area contributed by atoms with Gasteiger partial charge < -0.3 is 4.74 Å². The molecular formula is C24H22N2O3S2. The molecule has 0 radical (unpaired) electrons. The number of sulfonamides is 1. The molecule has 3 aromatic carbocycles. The van der Waals surface area contributed by atoms with Gasteiger partial charge in [-0.15, -0.1) is 11.3 Å². The van der Waals surface area contributed by atoms with Gasteiger partial charge in [-0.25, -0.2) is 18.1 Å². The van der Waals surface area contributed by atoms with Gasteiger partial charge in [0.15, 0.2) is 0 Å². The number of nitrogens with zero attached hydrogens (tertiary/aromatic N) is 1. The van der Waals surface area contributed by atoms with Crippen molar-refractivity contribution in [3.8, 4) is 27.6 Å². The van der Waals surface area contributed by atoms with E-state index in [0.29, 0.717) is 12.4 Å². The Morgan fingerprint density at radius 2 is 1.61 bits per heavy atom. The number of benzene rings is 3. The lowest BCUT2D eigenvalue weighted by molar-refractivity contribution is 0.340. The molecule has 0 saturated carbocycles.